The molecule has 0 atom stereocenters. The van der Waals surface area contributed by atoms with Crippen LogP contribution in [0.3, 0.4) is 0 Å². The van der Waals surface area contributed by atoms with E-state index in [0.717, 1.165) is 48.7 Å². The average molecular weight is 332 g/mol. The van der Waals surface area contributed by atoms with Gasteiger partial charge in [-0.15, -0.1) is 0 Å². The minimum absolute atomic E-state index is 0.732. The van der Waals surface area contributed by atoms with E-state index in [1.54, 1.807) is 0 Å². The van der Waals surface area contributed by atoms with Gasteiger partial charge in [0, 0.05) is 25.0 Å². The molecule has 4 heteroatoms. The Balaban J connectivity index is 1.56. The lowest BCUT2D eigenvalue weighted by Crippen LogP contribution is -2.30. The number of anilines is 2. The summed E-state index contributed by atoms with van der Waals surface area (Å²) in [6, 6.07) is 18.8. The van der Waals surface area contributed by atoms with E-state index in [4.69, 9.17) is 9.97 Å². The van der Waals surface area contributed by atoms with Gasteiger partial charge in [-0.25, -0.2) is 4.98 Å². The molecule has 1 saturated heterocycles. The van der Waals surface area contributed by atoms with Crippen molar-refractivity contribution < 1.29 is 0 Å². The monoisotopic (exact) mass is 332 g/mol. The van der Waals surface area contributed by atoms with Crippen LogP contribution < -0.4 is 10.2 Å². The van der Waals surface area contributed by atoms with Gasteiger partial charge in [0.1, 0.15) is 5.82 Å². The third kappa shape index (κ3) is 3.73. The number of para-hydroxylation sites is 1. The van der Waals surface area contributed by atoms with Crippen LogP contribution in [0.25, 0.3) is 10.9 Å². The molecule has 25 heavy (non-hydrogen) atoms. The fourth-order valence-corrected chi connectivity index (χ4v) is 3.45. The van der Waals surface area contributed by atoms with Crippen LogP contribution in [0.2, 0.25) is 0 Å². The molecule has 128 valence electrons. The van der Waals surface area contributed by atoms with Crippen LogP contribution in [0.5, 0.6) is 0 Å². The largest absolute Gasteiger partial charge is 0.356 e. The molecule has 0 bridgehead atoms. The number of aromatic nitrogens is 2. The van der Waals surface area contributed by atoms with Gasteiger partial charge in [0.2, 0.25) is 5.95 Å². The molecule has 1 fully saturated rings. The van der Waals surface area contributed by atoms with Crippen molar-refractivity contribution >= 4 is 22.7 Å². The highest BCUT2D eigenvalue weighted by atomic mass is 15.2. The molecule has 0 spiro atoms. The molecular formula is C21H24N4. The van der Waals surface area contributed by atoms with Gasteiger partial charge in [-0.2, -0.15) is 4.98 Å². The van der Waals surface area contributed by atoms with Crippen molar-refractivity contribution in [2.24, 2.45) is 0 Å². The molecule has 1 aliphatic heterocycles. The second-order valence-corrected chi connectivity index (χ2v) is 6.60. The van der Waals surface area contributed by atoms with E-state index in [0.29, 0.717) is 0 Å². The second kappa shape index (κ2) is 7.51. The van der Waals surface area contributed by atoms with Crippen LogP contribution in [0.4, 0.5) is 11.8 Å². The van der Waals surface area contributed by atoms with Crippen LogP contribution in [-0.2, 0) is 6.42 Å². The average Bonchev–Trinajstić information content (AvgIpc) is 2.69. The van der Waals surface area contributed by atoms with E-state index in [1.807, 2.05) is 12.1 Å². The first-order chi connectivity index (χ1) is 12.4. The first-order valence-corrected chi connectivity index (χ1v) is 9.20. The molecule has 1 aromatic heterocycles. The molecule has 4 nitrogen and oxygen atoms in total. The fourth-order valence-electron chi connectivity index (χ4n) is 3.45. The molecule has 2 heterocycles. The van der Waals surface area contributed by atoms with Gasteiger partial charge in [0.15, 0.2) is 0 Å². The highest BCUT2D eigenvalue weighted by Gasteiger charge is 2.16. The Morgan fingerprint density at radius 3 is 2.44 bits per heavy atom. The summed E-state index contributed by atoms with van der Waals surface area (Å²) < 4.78 is 0. The summed E-state index contributed by atoms with van der Waals surface area (Å²) in [4.78, 5) is 12.0. The molecule has 0 amide bonds. The zero-order valence-corrected chi connectivity index (χ0v) is 14.5. The lowest BCUT2D eigenvalue weighted by molar-refractivity contribution is 0.575. The lowest BCUT2D eigenvalue weighted by Gasteiger charge is -2.29. The maximum atomic E-state index is 4.86. The smallest absolute Gasteiger partial charge is 0.225 e. The van der Waals surface area contributed by atoms with Gasteiger partial charge in [0.25, 0.3) is 0 Å². The van der Waals surface area contributed by atoms with Crippen LogP contribution in [0.1, 0.15) is 24.8 Å². The summed E-state index contributed by atoms with van der Waals surface area (Å²) in [6.45, 7) is 3.01. The number of nitrogens with zero attached hydrogens (tertiary/aromatic N) is 3. The van der Waals surface area contributed by atoms with Crippen molar-refractivity contribution in [1.29, 1.82) is 0 Å². The summed E-state index contributed by atoms with van der Waals surface area (Å²) in [5.74, 6) is 1.81. The van der Waals surface area contributed by atoms with E-state index < -0.39 is 0 Å². The highest BCUT2D eigenvalue weighted by molar-refractivity contribution is 5.90. The van der Waals surface area contributed by atoms with E-state index >= 15 is 0 Å². The zero-order valence-electron chi connectivity index (χ0n) is 14.5. The number of rotatable bonds is 5. The van der Waals surface area contributed by atoms with Gasteiger partial charge >= 0.3 is 0 Å². The number of benzene rings is 2. The van der Waals surface area contributed by atoms with Gasteiger partial charge < -0.3 is 10.2 Å². The Hall–Kier alpha value is -2.62. The molecular weight excluding hydrogens is 308 g/mol. The van der Waals surface area contributed by atoms with E-state index in [1.165, 1.54) is 24.8 Å². The summed E-state index contributed by atoms with van der Waals surface area (Å²) >= 11 is 0. The predicted octanol–water partition coefficient (Wildman–Crippen LogP) is 4.27. The Morgan fingerprint density at radius 1 is 0.840 bits per heavy atom. The van der Waals surface area contributed by atoms with Crippen LogP contribution in [0.15, 0.2) is 54.6 Å². The maximum absolute atomic E-state index is 4.86. The minimum atomic E-state index is 0.732. The zero-order chi connectivity index (χ0) is 16.9. The number of fused-ring (bicyclic) bond motifs is 1. The van der Waals surface area contributed by atoms with Crippen LogP contribution in [0, 0.1) is 0 Å². The highest BCUT2D eigenvalue weighted by Crippen LogP contribution is 2.27. The Bertz CT molecular complexity index is 826. The lowest BCUT2D eigenvalue weighted by atomic mass is 10.1. The molecule has 3 aromatic rings. The fraction of sp³-hybridized carbons (Fsp3) is 0.333. The van der Waals surface area contributed by atoms with Gasteiger partial charge in [0.05, 0.1) is 5.52 Å². The van der Waals surface area contributed by atoms with Crippen molar-refractivity contribution in [2.45, 2.75) is 25.7 Å². The molecule has 0 unspecified atom stereocenters. The van der Waals surface area contributed by atoms with Crippen molar-refractivity contribution in [1.82, 2.24) is 9.97 Å². The molecule has 0 radical (unpaired) electrons. The quantitative estimate of drug-likeness (QED) is 0.757. The molecule has 1 aliphatic rings. The topological polar surface area (TPSA) is 41.1 Å². The number of piperidine rings is 1. The van der Waals surface area contributed by atoms with Crippen molar-refractivity contribution in [3.05, 3.63) is 60.2 Å². The number of hydrogen-bond donors (Lipinski definition) is 1. The van der Waals surface area contributed by atoms with Crippen molar-refractivity contribution in [3.8, 4) is 0 Å². The molecule has 2 aromatic carbocycles. The van der Waals surface area contributed by atoms with E-state index in [2.05, 4.69) is 52.7 Å². The summed E-state index contributed by atoms with van der Waals surface area (Å²) in [7, 11) is 0. The Labute approximate surface area is 148 Å². The van der Waals surface area contributed by atoms with Gasteiger partial charge in [-0.1, -0.05) is 42.5 Å². The molecule has 0 aliphatic carbocycles. The Morgan fingerprint density at radius 2 is 1.60 bits per heavy atom. The maximum Gasteiger partial charge on any atom is 0.225 e. The Kier molecular flexibility index (Phi) is 4.77. The first kappa shape index (κ1) is 15.9. The first-order valence-electron chi connectivity index (χ1n) is 9.20. The second-order valence-electron chi connectivity index (χ2n) is 6.60. The third-order valence-electron chi connectivity index (χ3n) is 4.78. The summed E-state index contributed by atoms with van der Waals surface area (Å²) in [6.07, 6.45) is 4.78. The molecule has 4 rings (SSSR count). The summed E-state index contributed by atoms with van der Waals surface area (Å²) in [5, 5.41) is 4.57. The van der Waals surface area contributed by atoms with Crippen LogP contribution in [-0.4, -0.2) is 29.6 Å². The van der Waals surface area contributed by atoms with E-state index in [-0.39, 0.29) is 0 Å². The third-order valence-corrected chi connectivity index (χ3v) is 4.78. The van der Waals surface area contributed by atoms with Crippen LogP contribution >= 0.6 is 0 Å². The standard InChI is InChI=1S/C21H24N4/c1-3-9-17(10-4-1)13-14-22-21-23-19-12-6-5-11-18(19)20(24-21)25-15-7-2-8-16-25/h1,3-6,9-12H,2,7-8,13-16H2,(H,22,23,24). The molecule has 1 N–H and O–H groups in total. The predicted molar refractivity (Wildman–Crippen MR) is 104 cm³/mol. The van der Waals surface area contributed by atoms with Gasteiger partial charge in [-0.3, -0.25) is 0 Å². The van der Waals surface area contributed by atoms with Crippen molar-refractivity contribution in [2.75, 3.05) is 29.9 Å². The minimum Gasteiger partial charge on any atom is -0.356 e. The van der Waals surface area contributed by atoms with E-state index in [9.17, 15) is 0 Å². The normalized spacial score (nSPS) is 14.6. The summed E-state index contributed by atoms with van der Waals surface area (Å²) in [5.41, 5.74) is 2.34. The SMILES string of the molecule is c1ccc(CCNc2nc(N3CCCCC3)c3ccccc3n2)cc1. The van der Waals surface area contributed by atoms with Crippen molar-refractivity contribution in [3.63, 3.8) is 0 Å². The number of nitrogens with one attached hydrogen (secondary N) is 1. The molecule has 0 saturated carbocycles. The number of hydrogen-bond acceptors (Lipinski definition) is 4. The van der Waals surface area contributed by atoms with Gasteiger partial charge in [-0.05, 0) is 43.4 Å².